The Balaban J connectivity index is 2.00. The van der Waals surface area contributed by atoms with Crippen LogP contribution in [-0.2, 0) is 14.4 Å². The standard InChI is InChI=1S/C9H12N2O4/c12-7(13)5-10-3-4-11(6-1-2-6)9(15)8(10)14/h6H,1-5H2,(H,12,13). The summed E-state index contributed by atoms with van der Waals surface area (Å²) in [5.74, 6) is -2.32. The van der Waals surface area contributed by atoms with Crippen LogP contribution in [0, 0.1) is 0 Å². The minimum atomic E-state index is -1.09. The van der Waals surface area contributed by atoms with Crippen LogP contribution in [0.15, 0.2) is 0 Å². The number of carbonyl (C=O) groups is 3. The fraction of sp³-hybridized carbons (Fsp3) is 0.667. The number of hydrogen-bond donors (Lipinski definition) is 1. The summed E-state index contributed by atoms with van der Waals surface area (Å²) in [6.45, 7) is 0.402. The second-order valence-electron chi connectivity index (χ2n) is 3.85. The molecule has 1 aliphatic heterocycles. The lowest BCUT2D eigenvalue weighted by Gasteiger charge is -2.32. The van der Waals surface area contributed by atoms with Crippen LogP contribution in [0.25, 0.3) is 0 Å². The lowest BCUT2D eigenvalue weighted by molar-refractivity contribution is -0.158. The van der Waals surface area contributed by atoms with Crippen molar-refractivity contribution in [2.24, 2.45) is 0 Å². The van der Waals surface area contributed by atoms with E-state index < -0.39 is 17.8 Å². The van der Waals surface area contributed by atoms with Crippen molar-refractivity contribution in [3.63, 3.8) is 0 Å². The van der Waals surface area contributed by atoms with Crippen molar-refractivity contribution >= 4 is 17.8 Å². The van der Waals surface area contributed by atoms with E-state index >= 15 is 0 Å². The molecule has 82 valence electrons. The van der Waals surface area contributed by atoms with Crippen LogP contribution in [0.1, 0.15) is 12.8 Å². The first-order chi connectivity index (χ1) is 7.09. The van der Waals surface area contributed by atoms with E-state index in [4.69, 9.17) is 5.11 Å². The molecule has 2 amide bonds. The Morgan fingerprint density at radius 1 is 1.27 bits per heavy atom. The zero-order chi connectivity index (χ0) is 11.0. The Kier molecular flexibility index (Phi) is 2.34. The SMILES string of the molecule is O=C(O)CN1CCN(C2CC2)C(=O)C1=O. The molecule has 1 N–H and O–H groups in total. The van der Waals surface area contributed by atoms with Crippen LogP contribution in [0.2, 0.25) is 0 Å². The first-order valence-electron chi connectivity index (χ1n) is 4.91. The van der Waals surface area contributed by atoms with Crippen LogP contribution in [0.4, 0.5) is 0 Å². The Labute approximate surface area is 86.4 Å². The lowest BCUT2D eigenvalue weighted by Crippen LogP contribution is -2.55. The van der Waals surface area contributed by atoms with Gasteiger partial charge in [0.05, 0.1) is 0 Å². The molecular weight excluding hydrogens is 200 g/mol. The van der Waals surface area contributed by atoms with Crippen LogP contribution >= 0.6 is 0 Å². The van der Waals surface area contributed by atoms with Gasteiger partial charge in [0.1, 0.15) is 6.54 Å². The van der Waals surface area contributed by atoms with Gasteiger partial charge in [0.15, 0.2) is 0 Å². The molecule has 1 aliphatic carbocycles. The number of carboxylic acid groups (broad SMARTS) is 1. The predicted octanol–water partition coefficient (Wildman–Crippen LogP) is -1.10. The molecule has 0 radical (unpaired) electrons. The molecule has 0 aromatic carbocycles. The van der Waals surface area contributed by atoms with Gasteiger partial charge in [0, 0.05) is 19.1 Å². The number of piperazine rings is 1. The summed E-state index contributed by atoms with van der Waals surface area (Å²) in [4.78, 5) is 36.1. The fourth-order valence-corrected chi connectivity index (χ4v) is 1.74. The van der Waals surface area contributed by atoms with Crippen molar-refractivity contribution < 1.29 is 19.5 Å². The van der Waals surface area contributed by atoms with Gasteiger partial charge in [0.2, 0.25) is 0 Å². The number of rotatable bonds is 3. The topological polar surface area (TPSA) is 77.9 Å². The highest BCUT2D eigenvalue weighted by Crippen LogP contribution is 2.28. The average molecular weight is 212 g/mol. The van der Waals surface area contributed by atoms with E-state index in [0.29, 0.717) is 13.1 Å². The van der Waals surface area contributed by atoms with E-state index in [9.17, 15) is 14.4 Å². The van der Waals surface area contributed by atoms with Gasteiger partial charge in [-0.2, -0.15) is 0 Å². The van der Waals surface area contributed by atoms with Gasteiger partial charge in [-0.1, -0.05) is 0 Å². The molecule has 1 saturated heterocycles. The van der Waals surface area contributed by atoms with Crippen molar-refractivity contribution in [2.75, 3.05) is 19.6 Å². The highest BCUT2D eigenvalue weighted by molar-refractivity contribution is 6.35. The summed E-state index contributed by atoms with van der Waals surface area (Å²) in [6.07, 6.45) is 1.91. The Bertz CT molecular complexity index is 324. The Morgan fingerprint density at radius 2 is 1.93 bits per heavy atom. The van der Waals surface area contributed by atoms with Gasteiger partial charge in [-0.15, -0.1) is 0 Å². The molecule has 0 aromatic heterocycles. The summed E-state index contributed by atoms with van der Waals surface area (Å²) in [5, 5.41) is 8.54. The lowest BCUT2D eigenvalue weighted by atomic mass is 10.3. The van der Waals surface area contributed by atoms with Crippen LogP contribution in [0.3, 0.4) is 0 Å². The molecule has 15 heavy (non-hydrogen) atoms. The fourth-order valence-electron chi connectivity index (χ4n) is 1.74. The molecule has 2 aliphatic rings. The molecule has 6 heteroatoms. The van der Waals surface area contributed by atoms with Gasteiger partial charge in [-0.05, 0) is 12.8 Å². The van der Waals surface area contributed by atoms with E-state index in [1.165, 1.54) is 0 Å². The van der Waals surface area contributed by atoms with E-state index in [1.54, 1.807) is 4.90 Å². The first kappa shape index (κ1) is 9.95. The zero-order valence-electron chi connectivity index (χ0n) is 8.18. The maximum absolute atomic E-state index is 11.5. The zero-order valence-corrected chi connectivity index (χ0v) is 8.18. The quantitative estimate of drug-likeness (QED) is 0.602. The summed E-state index contributed by atoms with van der Waals surface area (Å²) < 4.78 is 0. The maximum Gasteiger partial charge on any atom is 0.323 e. The number of carboxylic acids is 1. The summed E-state index contributed by atoms with van der Waals surface area (Å²) in [5.41, 5.74) is 0. The summed E-state index contributed by atoms with van der Waals surface area (Å²) in [6, 6.07) is 0.216. The molecule has 6 nitrogen and oxygen atoms in total. The smallest absolute Gasteiger partial charge is 0.323 e. The van der Waals surface area contributed by atoms with Crippen LogP contribution in [-0.4, -0.2) is 58.4 Å². The van der Waals surface area contributed by atoms with Crippen molar-refractivity contribution in [1.82, 2.24) is 9.80 Å². The van der Waals surface area contributed by atoms with Gasteiger partial charge in [-0.3, -0.25) is 14.4 Å². The summed E-state index contributed by atoms with van der Waals surface area (Å²) >= 11 is 0. The monoisotopic (exact) mass is 212 g/mol. The van der Waals surface area contributed by atoms with Crippen LogP contribution < -0.4 is 0 Å². The number of carbonyl (C=O) groups excluding carboxylic acids is 2. The van der Waals surface area contributed by atoms with Crippen molar-refractivity contribution in [3.8, 4) is 0 Å². The molecule has 2 rings (SSSR count). The molecule has 0 spiro atoms. The summed E-state index contributed by atoms with van der Waals surface area (Å²) in [7, 11) is 0. The number of aliphatic carboxylic acids is 1. The number of amides is 2. The minimum absolute atomic E-state index is 0.216. The minimum Gasteiger partial charge on any atom is -0.480 e. The van der Waals surface area contributed by atoms with E-state index in [2.05, 4.69) is 0 Å². The molecular formula is C9H12N2O4. The van der Waals surface area contributed by atoms with Crippen molar-refractivity contribution in [2.45, 2.75) is 18.9 Å². The Morgan fingerprint density at radius 3 is 2.47 bits per heavy atom. The van der Waals surface area contributed by atoms with Gasteiger partial charge in [-0.25, -0.2) is 0 Å². The van der Waals surface area contributed by atoms with Crippen molar-refractivity contribution in [1.29, 1.82) is 0 Å². The molecule has 0 atom stereocenters. The number of nitrogens with zero attached hydrogens (tertiary/aromatic N) is 2. The van der Waals surface area contributed by atoms with Gasteiger partial charge in [0.25, 0.3) is 0 Å². The largest absolute Gasteiger partial charge is 0.480 e. The third kappa shape index (κ3) is 1.93. The molecule has 1 saturated carbocycles. The van der Waals surface area contributed by atoms with E-state index in [1.807, 2.05) is 0 Å². The highest BCUT2D eigenvalue weighted by Gasteiger charge is 2.40. The normalized spacial score (nSPS) is 22.1. The first-order valence-corrected chi connectivity index (χ1v) is 4.91. The van der Waals surface area contributed by atoms with Crippen LogP contribution in [0.5, 0.6) is 0 Å². The second kappa shape index (κ2) is 3.52. The second-order valence-corrected chi connectivity index (χ2v) is 3.85. The van der Waals surface area contributed by atoms with Crippen molar-refractivity contribution in [3.05, 3.63) is 0 Å². The average Bonchev–Trinajstić information content (AvgIpc) is 2.96. The third-order valence-electron chi connectivity index (χ3n) is 2.66. The van der Waals surface area contributed by atoms with E-state index in [-0.39, 0.29) is 12.6 Å². The third-order valence-corrected chi connectivity index (χ3v) is 2.66. The maximum atomic E-state index is 11.5. The molecule has 1 heterocycles. The molecule has 0 unspecified atom stereocenters. The molecule has 0 bridgehead atoms. The van der Waals surface area contributed by atoms with Gasteiger partial charge >= 0.3 is 17.8 Å². The highest BCUT2D eigenvalue weighted by atomic mass is 16.4. The number of hydrogen-bond acceptors (Lipinski definition) is 3. The van der Waals surface area contributed by atoms with Gasteiger partial charge < -0.3 is 14.9 Å². The Hall–Kier alpha value is -1.59. The predicted molar refractivity (Wildman–Crippen MR) is 49.0 cm³/mol. The van der Waals surface area contributed by atoms with E-state index in [0.717, 1.165) is 17.7 Å². The molecule has 0 aromatic rings. The molecule has 2 fully saturated rings.